The Morgan fingerprint density at radius 2 is 1.76 bits per heavy atom. The zero-order valence-electron chi connectivity index (χ0n) is 23.0. The number of rotatable bonds is 6. The Bertz CT molecular complexity index is 1930. The second-order valence-corrected chi connectivity index (χ2v) is 13.3. The lowest BCUT2D eigenvalue weighted by Gasteiger charge is -2.43. The molecule has 1 saturated carbocycles. The van der Waals surface area contributed by atoms with E-state index in [1.807, 2.05) is 0 Å². The molecule has 8 nitrogen and oxygen atoms in total. The average molecular weight is 654 g/mol. The summed E-state index contributed by atoms with van der Waals surface area (Å²) in [5, 5.41) is 6.62. The molecular formula is C29H22F7N5O3S. The summed E-state index contributed by atoms with van der Waals surface area (Å²) < 4.78 is 122. The fourth-order valence-electron chi connectivity index (χ4n) is 6.05. The lowest BCUT2D eigenvalue weighted by Crippen LogP contribution is -2.46. The number of aromatic nitrogens is 5. The van der Waals surface area contributed by atoms with Crippen LogP contribution in [0.3, 0.4) is 0 Å². The van der Waals surface area contributed by atoms with E-state index in [0.717, 1.165) is 18.6 Å². The number of hydrogen-bond donors (Lipinski definition) is 0. The van der Waals surface area contributed by atoms with Gasteiger partial charge in [-0.3, -0.25) is 14.5 Å². The van der Waals surface area contributed by atoms with E-state index >= 15 is 0 Å². The molecule has 16 heteroatoms. The molecule has 2 atom stereocenters. The van der Waals surface area contributed by atoms with Gasteiger partial charge in [0.25, 0.3) is 0 Å². The highest BCUT2D eigenvalue weighted by Crippen LogP contribution is 2.52. The van der Waals surface area contributed by atoms with Crippen molar-refractivity contribution in [3.05, 3.63) is 95.1 Å². The number of benzene rings is 1. The average Bonchev–Trinajstić information content (AvgIpc) is 3.61. The standard InChI is InChI=1S/C29H22F7N5O3S/c30-20-2-4-21(5-3-20)41-25-10-18-1-6-22(45(43,44)23-14-38-40(15-23)16-28(31,32)33)12-27(18,11-17(25)13-39-41)26(42)24-9-19(7-8-37-24)29(34,35)36/h2-5,7-10,13-15,22H,1,6,11-12,16H2/t22-,27-/m0/s1. The summed E-state index contributed by atoms with van der Waals surface area (Å²) in [4.78, 5) is 17.7. The molecule has 0 aliphatic heterocycles. The summed E-state index contributed by atoms with van der Waals surface area (Å²) >= 11 is 0. The van der Waals surface area contributed by atoms with Gasteiger partial charge in [0.1, 0.15) is 23.0 Å². The number of Topliss-reactive ketones (excluding diaryl/α,β-unsaturated/α-hetero) is 1. The third kappa shape index (κ3) is 5.66. The molecule has 1 aromatic carbocycles. The van der Waals surface area contributed by atoms with Crippen LogP contribution in [0.2, 0.25) is 0 Å². The Hall–Kier alpha value is -4.34. The first kappa shape index (κ1) is 30.7. The molecule has 2 aliphatic rings. The fourth-order valence-corrected chi connectivity index (χ4v) is 7.83. The van der Waals surface area contributed by atoms with Gasteiger partial charge in [-0.25, -0.2) is 17.5 Å². The number of hydrogen-bond acceptors (Lipinski definition) is 6. The summed E-state index contributed by atoms with van der Waals surface area (Å²) in [7, 11) is -4.34. The summed E-state index contributed by atoms with van der Waals surface area (Å²) in [6.07, 6.45) is -4.42. The van der Waals surface area contributed by atoms with Gasteiger partial charge in [0.15, 0.2) is 15.6 Å². The second-order valence-electron chi connectivity index (χ2n) is 11.0. The predicted molar refractivity (Wildman–Crippen MR) is 144 cm³/mol. The number of carbonyl (C=O) groups excluding carboxylic acids is 1. The number of alkyl halides is 6. The summed E-state index contributed by atoms with van der Waals surface area (Å²) in [5.74, 6) is -1.30. The van der Waals surface area contributed by atoms with Gasteiger partial charge < -0.3 is 0 Å². The van der Waals surface area contributed by atoms with Crippen LogP contribution in [-0.4, -0.2) is 50.2 Å². The van der Waals surface area contributed by atoms with Gasteiger partial charge in [-0.15, -0.1) is 0 Å². The van der Waals surface area contributed by atoms with Crippen LogP contribution in [-0.2, 0) is 29.0 Å². The van der Waals surface area contributed by atoms with Crippen molar-refractivity contribution in [3.63, 3.8) is 0 Å². The van der Waals surface area contributed by atoms with Crippen LogP contribution >= 0.6 is 0 Å². The van der Waals surface area contributed by atoms with E-state index in [1.54, 1.807) is 6.08 Å². The van der Waals surface area contributed by atoms with Gasteiger partial charge in [-0.2, -0.15) is 36.5 Å². The highest BCUT2D eigenvalue weighted by molar-refractivity contribution is 7.92. The van der Waals surface area contributed by atoms with Gasteiger partial charge in [0.05, 0.1) is 40.0 Å². The Kier molecular flexibility index (Phi) is 7.25. The van der Waals surface area contributed by atoms with Crippen LogP contribution in [0.25, 0.3) is 11.8 Å². The number of pyridine rings is 1. The molecule has 45 heavy (non-hydrogen) atoms. The van der Waals surface area contributed by atoms with Crippen molar-refractivity contribution in [2.24, 2.45) is 5.41 Å². The van der Waals surface area contributed by atoms with Gasteiger partial charge >= 0.3 is 12.4 Å². The van der Waals surface area contributed by atoms with Crippen molar-refractivity contribution in [3.8, 4) is 5.69 Å². The molecule has 0 unspecified atom stereocenters. The molecule has 4 aromatic rings. The Morgan fingerprint density at radius 3 is 2.44 bits per heavy atom. The van der Waals surface area contributed by atoms with Crippen molar-refractivity contribution in [2.45, 2.75) is 54.7 Å². The van der Waals surface area contributed by atoms with E-state index in [1.165, 1.54) is 35.1 Å². The van der Waals surface area contributed by atoms with Crippen LogP contribution in [0, 0.1) is 11.2 Å². The van der Waals surface area contributed by atoms with Crippen LogP contribution in [0.15, 0.2) is 71.7 Å². The van der Waals surface area contributed by atoms with Gasteiger partial charge in [-0.1, -0.05) is 5.57 Å². The molecule has 0 radical (unpaired) electrons. The van der Waals surface area contributed by atoms with Crippen LogP contribution < -0.4 is 0 Å². The molecule has 3 aromatic heterocycles. The zero-order chi connectivity index (χ0) is 32.4. The molecular weight excluding hydrogens is 631 g/mol. The first-order valence-electron chi connectivity index (χ1n) is 13.5. The minimum Gasteiger partial charge on any atom is -0.291 e. The van der Waals surface area contributed by atoms with Crippen molar-refractivity contribution in [2.75, 3.05) is 0 Å². The predicted octanol–water partition coefficient (Wildman–Crippen LogP) is 6.02. The Balaban J connectivity index is 1.43. The maximum Gasteiger partial charge on any atom is 0.416 e. The minimum absolute atomic E-state index is 0.0241. The van der Waals surface area contributed by atoms with Crippen LogP contribution in [0.4, 0.5) is 30.7 Å². The molecule has 2 aliphatic carbocycles. The van der Waals surface area contributed by atoms with E-state index in [-0.39, 0.29) is 25.7 Å². The van der Waals surface area contributed by atoms with E-state index in [9.17, 15) is 43.9 Å². The maximum atomic E-state index is 14.3. The Morgan fingerprint density at radius 1 is 1.02 bits per heavy atom. The third-order valence-electron chi connectivity index (χ3n) is 8.16. The number of sulfone groups is 1. The van der Waals surface area contributed by atoms with E-state index in [4.69, 9.17) is 0 Å². The molecule has 0 spiro atoms. The number of carbonyl (C=O) groups is 1. The molecule has 0 amide bonds. The fraction of sp³-hybridized carbons (Fsp3) is 0.310. The summed E-state index contributed by atoms with van der Waals surface area (Å²) in [6, 6.07) is 6.78. The van der Waals surface area contributed by atoms with Gasteiger partial charge in [0.2, 0.25) is 0 Å². The zero-order valence-corrected chi connectivity index (χ0v) is 23.8. The molecule has 3 heterocycles. The topological polar surface area (TPSA) is 99.7 Å². The normalized spacial score (nSPS) is 20.3. The van der Waals surface area contributed by atoms with Crippen LogP contribution in [0.1, 0.15) is 46.6 Å². The highest BCUT2D eigenvalue weighted by atomic mass is 32.2. The smallest absolute Gasteiger partial charge is 0.291 e. The number of nitrogens with zero attached hydrogens (tertiary/aromatic N) is 5. The largest absolute Gasteiger partial charge is 0.416 e. The monoisotopic (exact) mass is 653 g/mol. The lowest BCUT2D eigenvalue weighted by atomic mass is 9.61. The number of halogens is 7. The van der Waals surface area contributed by atoms with Gasteiger partial charge in [0, 0.05) is 12.4 Å². The highest BCUT2D eigenvalue weighted by Gasteiger charge is 2.52. The number of fused-ring (bicyclic) bond motifs is 2. The van der Waals surface area contributed by atoms with Gasteiger partial charge in [-0.05, 0) is 73.7 Å². The maximum absolute atomic E-state index is 14.3. The van der Waals surface area contributed by atoms with Crippen molar-refractivity contribution in [1.29, 1.82) is 0 Å². The first-order chi connectivity index (χ1) is 21.1. The SMILES string of the molecule is O=C(c1cc(C(F)(F)F)ccn1)[C@]12Cc3cnn(-c4ccc(F)cc4)c3C=C1CC[C@H](S(=O)(=O)c1cnn(CC(F)(F)F)c1)C2. The molecule has 0 saturated heterocycles. The second kappa shape index (κ2) is 10.6. The molecule has 0 bridgehead atoms. The summed E-state index contributed by atoms with van der Waals surface area (Å²) in [5.41, 5.74) is -1.31. The van der Waals surface area contributed by atoms with Crippen molar-refractivity contribution >= 4 is 21.7 Å². The first-order valence-corrected chi connectivity index (χ1v) is 15.1. The third-order valence-corrected chi connectivity index (χ3v) is 10.3. The van der Waals surface area contributed by atoms with E-state index in [0.29, 0.717) is 39.3 Å². The van der Waals surface area contributed by atoms with E-state index < -0.39 is 67.2 Å². The molecule has 6 rings (SSSR count). The lowest BCUT2D eigenvalue weighted by molar-refractivity contribution is -0.142. The number of allylic oxidation sites excluding steroid dienone is 1. The number of ketones is 1. The minimum atomic E-state index is -4.78. The quantitative estimate of drug-likeness (QED) is 0.187. The molecule has 0 N–H and O–H groups in total. The van der Waals surface area contributed by atoms with Crippen LogP contribution in [0.5, 0.6) is 0 Å². The van der Waals surface area contributed by atoms with E-state index in [2.05, 4.69) is 15.2 Å². The van der Waals surface area contributed by atoms with Crippen molar-refractivity contribution in [1.82, 2.24) is 24.5 Å². The molecule has 1 fully saturated rings. The summed E-state index contributed by atoms with van der Waals surface area (Å²) in [6.45, 7) is -1.51. The van der Waals surface area contributed by atoms with Crippen molar-refractivity contribution < 1.29 is 43.9 Å². The Labute approximate surface area is 251 Å². The molecule has 236 valence electrons.